The first-order chi connectivity index (χ1) is 8.72. The predicted octanol–water partition coefficient (Wildman–Crippen LogP) is 4.56. The zero-order valence-electron chi connectivity index (χ0n) is 10.8. The van der Waals surface area contributed by atoms with E-state index in [9.17, 15) is 4.39 Å². The normalized spacial score (nSPS) is 17.9. The lowest BCUT2D eigenvalue weighted by Gasteiger charge is -2.16. The first-order valence-corrected chi connectivity index (χ1v) is 7.11. The SMILES string of the molecule is COc1cccc(CCC(Cl)C2CCCC2)c1F. The van der Waals surface area contributed by atoms with Gasteiger partial charge in [-0.3, -0.25) is 0 Å². The summed E-state index contributed by atoms with van der Waals surface area (Å²) in [7, 11) is 1.49. The van der Waals surface area contributed by atoms with Gasteiger partial charge in [0, 0.05) is 5.38 Å². The van der Waals surface area contributed by atoms with Crippen LogP contribution in [-0.2, 0) is 6.42 Å². The second kappa shape index (κ2) is 6.42. The van der Waals surface area contributed by atoms with Crippen LogP contribution in [0.25, 0.3) is 0 Å². The highest BCUT2D eigenvalue weighted by Crippen LogP contribution is 2.33. The van der Waals surface area contributed by atoms with Gasteiger partial charge in [-0.2, -0.15) is 0 Å². The fourth-order valence-electron chi connectivity index (χ4n) is 2.76. The van der Waals surface area contributed by atoms with Crippen molar-refractivity contribution in [1.82, 2.24) is 0 Å². The lowest BCUT2D eigenvalue weighted by molar-refractivity contribution is 0.383. The zero-order valence-corrected chi connectivity index (χ0v) is 11.5. The fraction of sp³-hybridized carbons (Fsp3) is 0.600. The molecule has 0 aromatic heterocycles. The molecule has 3 heteroatoms. The topological polar surface area (TPSA) is 9.23 Å². The molecule has 100 valence electrons. The van der Waals surface area contributed by atoms with Crippen LogP contribution in [0, 0.1) is 11.7 Å². The van der Waals surface area contributed by atoms with Crippen LogP contribution in [0.2, 0.25) is 0 Å². The maximum atomic E-state index is 13.9. The van der Waals surface area contributed by atoms with Crippen LogP contribution in [-0.4, -0.2) is 12.5 Å². The molecule has 0 radical (unpaired) electrons. The van der Waals surface area contributed by atoms with Gasteiger partial charge in [-0.25, -0.2) is 4.39 Å². The molecule has 0 N–H and O–H groups in total. The minimum atomic E-state index is -0.240. The molecule has 0 bridgehead atoms. The van der Waals surface area contributed by atoms with E-state index in [1.165, 1.54) is 32.8 Å². The van der Waals surface area contributed by atoms with Crippen LogP contribution in [0.5, 0.6) is 5.75 Å². The first-order valence-electron chi connectivity index (χ1n) is 6.68. The van der Waals surface area contributed by atoms with Gasteiger partial charge in [0.1, 0.15) is 0 Å². The Balaban J connectivity index is 1.93. The van der Waals surface area contributed by atoms with E-state index in [2.05, 4.69) is 0 Å². The van der Waals surface area contributed by atoms with Gasteiger partial charge in [-0.15, -0.1) is 11.6 Å². The van der Waals surface area contributed by atoms with Crippen LogP contribution in [0.1, 0.15) is 37.7 Å². The molecule has 1 aliphatic carbocycles. The standard InChI is InChI=1S/C15H20ClFO/c1-18-14-8-4-7-12(15(14)17)9-10-13(16)11-5-2-3-6-11/h4,7-8,11,13H,2-3,5-6,9-10H2,1H3. The lowest BCUT2D eigenvalue weighted by Crippen LogP contribution is -2.12. The second-order valence-corrected chi connectivity index (χ2v) is 5.59. The summed E-state index contributed by atoms with van der Waals surface area (Å²) in [6.45, 7) is 0. The molecular weight excluding hydrogens is 251 g/mol. The molecule has 0 aliphatic heterocycles. The lowest BCUT2D eigenvalue weighted by atomic mass is 9.97. The van der Waals surface area contributed by atoms with Crippen molar-refractivity contribution in [2.45, 2.75) is 43.9 Å². The number of hydrogen-bond donors (Lipinski definition) is 0. The van der Waals surface area contributed by atoms with Crippen molar-refractivity contribution in [2.75, 3.05) is 7.11 Å². The van der Waals surface area contributed by atoms with Crippen molar-refractivity contribution < 1.29 is 9.13 Å². The Kier molecular flexibility index (Phi) is 4.87. The van der Waals surface area contributed by atoms with Crippen LogP contribution < -0.4 is 4.74 Å². The van der Waals surface area contributed by atoms with E-state index >= 15 is 0 Å². The largest absolute Gasteiger partial charge is 0.494 e. The fourth-order valence-corrected chi connectivity index (χ4v) is 3.12. The second-order valence-electron chi connectivity index (χ2n) is 5.03. The van der Waals surface area contributed by atoms with Crippen molar-refractivity contribution >= 4 is 11.6 Å². The Morgan fingerprint density at radius 2 is 2.11 bits per heavy atom. The molecule has 1 saturated carbocycles. The highest BCUT2D eigenvalue weighted by atomic mass is 35.5. The average Bonchev–Trinajstić information content (AvgIpc) is 2.91. The van der Waals surface area contributed by atoms with E-state index in [-0.39, 0.29) is 11.2 Å². The van der Waals surface area contributed by atoms with E-state index in [4.69, 9.17) is 16.3 Å². The van der Waals surface area contributed by atoms with Crippen LogP contribution in [0.3, 0.4) is 0 Å². The summed E-state index contributed by atoms with van der Waals surface area (Å²) in [5.74, 6) is 0.704. The zero-order chi connectivity index (χ0) is 13.0. The molecule has 1 nitrogen and oxygen atoms in total. The van der Waals surface area contributed by atoms with Crippen LogP contribution in [0.4, 0.5) is 4.39 Å². The quantitative estimate of drug-likeness (QED) is 0.713. The van der Waals surface area contributed by atoms with Gasteiger partial charge in [-0.05, 0) is 43.2 Å². The van der Waals surface area contributed by atoms with Crippen molar-refractivity contribution in [1.29, 1.82) is 0 Å². The van der Waals surface area contributed by atoms with Gasteiger partial charge in [0.25, 0.3) is 0 Å². The summed E-state index contributed by atoms with van der Waals surface area (Å²) in [4.78, 5) is 0. The molecule has 0 saturated heterocycles. The molecule has 2 rings (SSSR count). The van der Waals surface area contributed by atoms with E-state index in [0.717, 1.165) is 6.42 Å². The number of alkyl halides is 1. The monoisotopic (exact) mass is 270 g/mol. The maximum absolute atomic E-state index is 13.9. The average molecular weight is 271 g/mol. The van der Waals surface area contributed by atoms with Gasteiger partial charge in [0.05, 0.1) is 7.11 Å². The number of rotatable bonds is 5. The highest BCUT2D eigenvalue weighted by Gasteiger charge is 2.23. The Bertz CT molecular complexity index is 388. The van der Waals surface area contributed by atoms with Gasteiger partial charge in [0.15, 0.2) is 11.6 Å². The van der Waals surface area contributed by atoms with Gasteiger partial charge < -0.3 is 4.74 Å². The molecule has 1 aromatic rings. The van der Waals surface area contributed by atoms with Crippen molar-refractivity contribution in [3.8, 4) is 5.75 Å². The van der Waals surface area contributed by atoms with E-state index in [1.54, 1.807) is 6.07 Å². The number of benzene rings is 1. The van der Waals surface area contributed by atoms with E-state index < -0.39 is 0 Å². The molecule has 0 heterocycles. The molecule has 0 spiro atoms. The molecule has 1 aromatic carbocycles. The predicted molar refractivity (Wildman–Crippen MR) is 72.9 cm³/mol. The maximum Gasteiger partial charge on any atom is 0.168 e. The molecule has 1 unspecified atom stereocenters. The minimum Gasteiger partial charge on any atom is -0.494 e. The first kappa shape index (κ1) is 13.7. The van der Waals surface area contributed by atoms with Crippen LogP contribution >= 0.6 is 11.6 Å². The minimum absolute atomic E-state index is 0.179. The van der Waals surface area contributed by atoms with Crippen molar-refractivity contribution in [2.24, 2.45) is 5.92 Å². The van der Waals surface area contributed by atoms with Gasteiger partial charge in [0.2, 0.25) is 0 Å². The molecule has 18 heavy (non-hydrogen) atoms. The summed E-state index contributed by atoms with van der Waals surface area (Å²) in [6.07, 6.45) is 6.58. The number of ether oxygens (including phenoxy) is 1. The number of hydrogen-bond acceptors (Lipinski definition) is 1. The summed E-state index contributed by atoms with van der Waals surface area (Å²) in [5, 5.41) is 0.179. The smallest absolute Gasteiger partial charge is 0.168 e. The third-order valence-electron chi connectivity index (χ3n) is 3.86. The number of methoxy groups -OCH3 is 1. The van der Waals surface area contributed by atoms with E-state index in [0.29, 0.717) is 23.7 Å². The Hall–Kier alpha value is -0.760. The molecule has 1 fully saturated rings. The summed E-state index contributed by atoms with van der Waals surface area (Å²) in [5.41, 5.74) is 0.706. The Morgan fingerprint density at radius 1 is 1.39 bits per heavy atom. The highest BCUT2D eigenvalue weighted by molar-refractivity contribution is 6.20. The van der Waals surface area contributed by atoms with Gasteiger partial charge in [-0.1, -0.05) is 25.0 Å². The van der Waals surface area contributed by atoms with E-state index in [1.807, 2.05) is 12.1 Å². The third kappa shape index (κ3) is 3.17. The Labute approximate surface area is 113 Å². The summed E-state index contributed by atoms with van der Waals surface area (Å²) >= 11 is 6.41. The summed E-state index contributed by atoms with van der Waals surface area (Å²) < 4.78 is 18.9. The molecule has 0 amide bonds. The summed E-state index contributed by atoms with van der Waals surface area (Å²) in [6, 6.07) is 5.29. The number of aryl methyl sites for hydroxylation is 1. The number of halogens is 2. The third-order valence-corrected chi connectivity index (χ3v) is 4.44. The molecule has 1 atom stereocenters. The van der Waals surface area contributed by atoms with Crippen molar-refractivity contribution in [3.05, 3.63) is 29.6 Å². The molecule has 1 aliphatic rings. The van der Waals surface area contributed by atoms with Crippen molar-refractivity contribution in [3.63, 3.8) is 0 Å². The van der Waals surface area contributed by atoms with Crippen LogP contribution in [0.15, 0.2) is 18.2 Å². The molecular formula is C15H20ClFO. The van der Waals surface area contributed by atoms with Gasteiger partial charge >= 0.3 is 0 Å². The Morgan fingerprint density at radius 3 is 2.78 bits per heavy atom.